The smallest absolute Gasteiger partial charge is 0.235 e. The molecule has 1 atom stereocenters. The molecule has 1 unspecified atom stereocenters. The molecule has 0 aliphatic carbocycles. The summed E-state index contributed by atoms with van der Waals surface area (Å²) < 4.78 is 0. The van der Waals surface area contributed by atoms with Crippen molar-refractivity contribution >= 4 is 17.7 Å². The SMILES string of the molecule is NC(=O)C(N)CNCCSc1ccccc1. The molecule has 1 amide bonds. The van der Waals surface area contributed by atoms with Gasteiger partial charge in [-0.3, -0.25) is 4.79 Å². The maximum absolute atomic E-state index is 10.6. The van der Waals surface area contributed by atoms with E-state index >= 15 is 0 Å². The number of carbonyl (C=O) groups is 1. The van der Waals surface area contributed by atoms with Crippen molar-refractivity contribution in [1.29, 1.82) is 0 Å². The molecule has 88 valence electrons. The number of carbonyl (C=O) groups excluding carboxylic acids is 1. The van der Waals surface area contributed by atoms with Crippen LogP contribution in [0.15, 0.2) is 35.2 Å². The van der Waals surface area contributed by atoms with Gasteiger partial charge in [0.05, 0.1) is 6.04 Å². The molecular formula is C11H17N3OS. The van der Waals surface area contributed by atoms with Crippen LogP contribution in [0.2, 0.25) is 0 Å². The monoisotopic (exact) mass is 239 g/mol. The summed E-state index contributed by atoms with van der Waals surface area (Å²) in [6.07, 6.45) is 0. The van der Waals surface area contributed by atoms with Gasteiger partial charge in [-0.15, -0.1) is 11.8 Å². The fourth-order valence-corrected chi connectivity index (χ4v) is 1.95. The number of hydrogen-bond acceptors (Lipinski definition) is 4. The van der Waals surface area contributed by atoms with Gasteiger partial charge < -0.3 is 16.8 Å². The third-order valence-corrected chi connectivity index (χ3v) is 3.03. The number of rotatable bonds is 7. The van der Waals surface area contributed by atoms with Crippen molar-refractivity contribution in [2.75, 3.05) is 18.8 Å². The molecule has 16 heavy (non-hydrogen) atoms. The van der Waals surface area contributed by atoms with Crippen LogP contribution in [0.5, 0.6) is 0 Å². The number of nitrogens with two attached hydrogens (primary N) is 2. The van der Waals surface area contributed by atoms with Crippen molar-refractivity contribution in [2.45, 2.75) is 10.9 Å². The fourth-order valence-electron chi connectivity index (χ4n) is 1.12. The minimum Gasteiger partial charge on any atom is -0.368 e. The third-order valence-electron chi connectivity index (χ3n) is 2.02. The first-order valence-electron chi connectivity index (χ1n) is 5.13. The van der Waals surface area contributed by atoms with Crippen LogP contribution in [-0.2, 0) is 4.79 Å². The summed E-state index contributed by atoms with van der Waals surface area (Å²) in [6.45, 7) is 1.24. The Balaban J connectivity index is 2.07. The summed E-state index contributed by atoms with van der Waals surface area (Å²) in [5, 5.41) is 3.09. The van der Waals surface area contributed by atoms with Gasteiger partial charge in [-0.25, -0.2) is 0 Å². The Morgan fingerprint density at radius 1 is 1.38 bits per heavy atom. The summed E-state index contributed by atoms with van der Waals surface area (Å²) in [5.41, 5.74) is 10.5. The first kappa shape index (κ1) is 13.0. The van der Waals surface area contributed by atoms with Crippen LogP contribution < -0.4 is 16.8 Å². The van der Waals surface area contributed by atoms with Gasteiger partial charge in [0.25, 0.3) is 0 Å². The van der Waals surface area contributed by atoms with Crippen LogP contribution in [0.3, 0.4) is 0 Å². The summed E-state index contributed by atoms with van der Waals surface area (Å²) in [5.74, 6) is 0.471. The third kappa shape index (κ3) is 5.16. The molecule has 1 rings (SSSR count). The zero-order valence-electron chi connectivity index (χ0n) is 9.06. The van der Waals surface area contributed by atoms with Crippen LogP contribution >= 0.6 is 11.8 Å². The van der Waals surface area contributed by atoms with E-state index in [9.17, 15) is 4.79 Å². The van der Waals surface area contributed by atoms with E-state index in [0.29, 0.717) is 6.54 Å². The van der Waals surface area contributed by atoms with Gasteiger partial charge in [-0.05, 0) is 12.1 Å². The number of amides is 1. The van der Waals surface area contributed by atoms with E-state index in [4.69, 9.17) is 11.5 Å². The Hall–Kier alpha value is -1.04. The second kappa shape index (κ2) is 7.27. The summed E-state index contributed by atoms with van der Waals surface area (Å²) in [7, 11) is 0. The second-order valence-corrected chi connectivity index (χ2v) is 4.54. The number of primary amides is 1. The van der Waals surface area contributed by atoms with Gasteiger partial charge in [-0.2, -0.15) is 0 Å². The lowest BCUT2D eigenvalue weighted by Gasteiger charge is -2.08. The molecule has 0 aromatic heterocycles. The number of hydrogen-bond donors (Lipinski definition) is 3. The molecule has 0 saturated carbocycles. The van der Waals surface area contributed by atoms with Crippen LogP contribution in [0, 0.1) is 0 Å². The van der Waals surface area contributed by atoms with Crippen LogP contribution in [0.4, 0.5) is 0 Å². The van der Waals surface area contributed by atoms with Crippen LogP contribution in [-0.4, -0.2) is 30.8 Å². The molecule has 5 N–H and O–H groups in total. The zero-order valence-corrected chi connectivity index (χ0v) is 9.87. The molecule has 0 heterocycles. The normalized spacial score (nSPS) is 12.3. The molecule has 1 aromatic carbocycles. The predicted octanol–water partition coefficient (Wildman–Crippen LogP) is 0.181. The van der Waals surface area contributed by atoms with E-state index in [1.807, 2.05) is 18.2 Å². The highest BCUT2D eigenvalue weighted by molar-refractivity contribution is 7.99. The minimum absolute atomic E-state index is 0.435. The first-order valence-corrected chi connectivity index (χ1v) is 6.12. The van der Waals surface area contributed by atoms with Gasteiger partial charge in [0.2, 0.25) is 5.91 Å². The van der Waals surface area contributed by atoms with Gasteiger partial charge >= 0.3 is 0 Å². The topological polar surface area (TPSA) is 81.1 Å². The zero-order chi connectivity index (χ0) is 11.8. The van der Waals surface area contributed by atoms with E-state index in [2.05, 4.69) is 17.4 Å². The van der Waals surface area contributed by atoms with Gasteiger partial charge in [0.15, 0.2) is 0 Å². The average Bonchev–Trinajstić information content (AvgIpc) is 2.29. The van der Waals surface area contributed by atoms with Crippen molar-refractivity contribution < 1.29 is 4.79 Å². The average molecular weight is 239 g/mol. The summed E-state index contributed by atoms with van der Waals surface area (Å²) in [4.78, 5) is 11.9. The Labute approximate surface area is 99.8 Å². The van der Waals surface area contributed by atoms with Gasteiger partial charge in [0, 0.05) is 23.7 Å². The molecule has 1 aromatic rings. The van der Waals surface area contributed by atoms with Gasteiger partial charge in [0.1, 0.15) is 0 Å². The Morgan fingerprint density at radius 2 is 2.06 bits per heavy atom. The molecule has 0 spiro atoms. The molecular weight excluding hydrogens is 222 g/mol. The number of benzene rings is 1. The number of nitrogens with one attached hydrogen (secondary N) is 1. The summed E-state index contributed by atoms with van der Waals surface area (Å²) >= 11 is 1.76. The maximum atomic E-state index is 10.6. The minimum atomic E-state index is -0.596. The quantitative estimate of drug-likeness (QED) is 0.468. The molecule has 0 aliphatic rings. The molecule has 0 radical (unpaired) electrons. The Kier molecular flexibility index (Phi) is 5.92. The highest BCUT2D eigenvalue weighted by Crippen LogP contribution is 2.15. The Bertz CT molecular complexity index is 318. The van der Waals surface area contributed by atoms with Crippen LogP contribution in [0.1, 0.15) is 0 Å². The number of thioether (sulfide) groups is 1. The van der Waals surface area contributed by atoms with Crippen molar-refractivity contribution in [3.63, 3.8) is 0 Å². The lowest BCUT2D eigenvalue weighted by Crippen LogP contribution is -2.44. The maximum Gasteiger partial charge on any atom is 0.235 e. The van der Waals surface area contributed by atoms with Crippen molar-refractivity contribution in [3.05, 3.63) is 30.3 Å². The molecule has 4 nitrogen and oxygen atoms in total. The molecule has 5 heteroatoms. The molecule has 0 saturated heterocycles. The lowest BCUT2D eigenvalue weighted by molar-refractivity contribution is -0.119. The van der Waals surface area contributed by atoms with E-state index in [-0.39, 0.29) is 0 Å². The molecule has 0 fully saturated rings. The van der Waals surface area contributed by atoms with E-state index in [0.717, 1.165) is 12.3 Å². The van der Waals surface area contributed by atoms with Crippen molar-refractivity contribution in [2.24, 2.45) is 11.5 Å². The Morgan fingerprint density at radius 3 is 2.69 bits per heavy atom. The molecule has 0 bridgehead atoms. The van der Waals surface area contributed by atoms with Crippen LogP contribution in [0.25, 0.3) is 0 Å². The van der Waals surface area contributed by atoms with Gasteiger partial charge in [-0.1, -0.05) is 18.2 Å². The van der Waals surface area contributed by atoms with Crippen molar-refractivity contribution in [1.82, 2.24) is 5.32 Å². The van der Waals surface area contributed by atoms with Crippen molar-refractivity contribution in [3.8, 4) is 0 Å². The predicted molar refractivity (Wildman–Crippen MR) is 67.2 cm³/mol. The summed E-state index contributed by atoms with van der Waals surface area (Å²) in [6, 6.07) is 9.56. The van der Waals surface area contributed by atoms with E-state index in [1.54, 1.807) is 11.8 Å². The second-order valence-electron chi connectivity index (χ2n) is 3.37. The first-order chi connectivity index (χ1) is 7.70. The lowest BCUT2D eigenvalue weighted by atomic mass is 10.3. The fraction of sp³-hybridized carbons (Fsp3) is 0.364. The highest BCUT2D eigenvalue weighted by Gasteiger charge is 2.06. The molecule has 0 aliphatic heterocycles. The highest BCUT2D eigenvalue weighted by atomic mass is 32.2. The standard InChI is InChI=1S/C11H17N3OS/c12-10(11(13)15)8-14-6-7-16-9-4-2-1-3-5-9/h1-5,10,14H,6-8,12H2,(H2,13,15). The van der Waals surface area contributed by atoms with E-state index < -0.39 is 11.9 Å². The van der Waals surface area contributed by atoms with E-state index in [1.165, 1.54) is 4.90 Å². The largest absolute Gasteiger partial charge is 0.368 e.